The van der Waals surface area contributed by atoms with Crippen molar-refractivity contribution in [2.24, 2.45) is 0 Å². The van der Waals surface area contributed by atoms with Crippen LogP contribution in [-0.4, -0.2) is 76.6 Å². The number of hydrogen-bond donors (Lipinski definition) is 2. The molecule has 10 nitrogen and oxygen atoms in total. The van der Waals surface area contributed by atoms with Gasteiger partial charge in [0.25, 0.3) is 0 Å². The molecule has 0 aromatic heterocycles. The zero-order valence-electron chi connectivity index (χ0n) is 20.2. The van der Waals surface area contributed by atoms with Crippen molar-refractivity contribution in [1.29, 1.82) is 0 Å². The second-order valence-electron chi connectivity index (χ2n) is 8.84. The molecule has 0 radical (unpaired) electrons. The quantitative estimate of drug-likeness (QED) is 0.655. The topological polar surface area (TPSA) is 111 Å². The highest BCUT2D eigenvalue weighted by molar-refractivity contribution is 7.89. The van der Waals surface area contributed by atoms with Crippen molar-refractivity contribution in [1.82, 2.24) is 14.5 Å². The Hall–Kier alpha value is -3.31. The Morgan fingerprint density at radius 2 is 1.86 bits per heavy atom. The predicted molar refractivity (Wildman–Crippen MR) is 134 cm³/mol. The van der Waals surface area contributed by atoms with Crippen LogP contribution in [0.3, 0.4) is 0 Å². The van der Waals surface area contributed by atoms with Crippen molar-refractivity contribution >= 4 is 33.5 Å². The number of amides is 4. The van der Waals surface area contributed by atoms with E-state index < -0.39 is 10.0 Å². The van der Waals surface area contributed by atoms with Crippen LogP contribution in [0.15, 0.2) is 47.4 Å². The molecule has 188 valence electrons. The molecule has 1 unspecified atom stereocenters. The van der Waals surface area contributed by atoms with Crippen molar-refractivity contribution in [3.05, 3.63) is 48.0 Å². The van der Waals surface area contributed by atoms with Crippen LogP contribution in [0.5, 0.6) is 5.75 Å². The van der Waals surface area contributed by atoms with E-state index in [9.17, 15) is 18.0 Å². The molecule has 11 heteroatoms. The van der Waals surface area contributed by atoms with Gasteiger partial charge in [-0.05, 0) is 55.2 Å². The normalized spacial score (nSPS) is 17.8. The zero-order chi connectivity index (χ0) is 25.2. The minimum absolute atomic E-state index is 0.183. The molecule has 0 saturated carbocycles. The molecule has 2 aliphatic rings. The minimum atomic E-state index is -3.54. The second-order valence-corrected chi connectivity index (χ2v) is 11.0. The number of sulfonamides is 1. The first-order valence-corrected chi connectivity index (χ1v) is 13.0. The summed E-state index contributed by atoms with van der Waals surface area (Å²) in [7, 11) is 0.999. The summed E-state index contributed by atoms with van der Waals surface area (Å²) in [5.41, 5.74) is 2.13. The summed E-state index contributed by atoms with van der Waals surface area (Å²) in [5, 5.41) is 5.93. The van der Waals surface area contributed by atoms with Crippen molar-refractivity contribution in [2.75, 3.05) is 51.1 Å². The van der Waals surface area contributed by atoms with E-state index in [1.165, 1.54) is 24.5 Å². The molecule has 1 fully saturated rings. The largest absolute Gasteiger partial charge is 0.495 e. The second kappa shape index (κ2) is 10.1. The molecule has 0 aliphatic carbocycles. The van der Waals surface area contributed by atoms with E-state index in [1.807, 2.05) is 12.1 Å². The number of nitrogens with one attached hydrogen (secondary N) is 2. The molecule has 2 aromatic carbocycles. The van der Waals surface area contributed by atoms with Gasteiger partial charge >= 0.3 is 12.1 Å². The number of fused-ring (bicyclic) bond motifs is 1. The lowest BCUT2D eigenvalue weighted by Crippen LogP contribution is -2.53. The summed E-state index contributed by atoms with van der Waals surface area (Å²) in [4.78, 5) is 29.4. The van der Waals surface area contributed by atoms with E-state index in [0.717, 1.165) is 18.4 Å². The van der Waals surface area contributed by atoms with Crippen molar-refractivity contribution in [2.45, 2.75) is 30.2 Å². The van der Waals surface area contributed by atoms with Gasteiger partial charge in [-0.2, -0.15) is 0 Å². The van der Waals surface area contributed by atoms with Crippen LogP contribution in [0.2, 0.25) is 0 Å². The van der Waals surface area contributed by atoms with Crippen LogP contribution >= 0.6 is 0 Å². The number of piperidine rings is 1. The van der Waals surface area contributed by atoms with Gasteiger partial charge < -0.3 is 20.3 Å². The summed E-state index contributed by atoms with van der Waals surface area (Å²) in [6.07, 6.45) is 2.12. The summed E-state index contributed by atoms with van der Waals surface area (Å²) in [5.74, 6) is 0.581. The number of carbonyl (C=O) groups excluding carboxylic acids is 2. The number of rotatable bonds is 5. The number of para-hydroxylation sites is 2. The van der Waals surface area contributed by atoms with E-state index in [4.69, 9.17) is 4.74 Å². The predicted octanol–water partition coefficient (Wildman–Crippen LogP) is 2.71. The third-order valence-electron chi connectivity index (χ3n) is 6.36. The Morgan fingerprint density at radius 3 is 2.60 bits per heavy atom. The monoisotopic (exact) mass is 501 g/mol. The number of benzene rings is 2. The third kappa shape index (κ3) is 5.20. The maximum atomic E-state index is 13.1. The Balaban J connectivity index is 1.39. The van der Waals surface area contributed by atoms with Crippen LogP contribution < -0.4 is 20.3 Å². The van der Waals surface area contributed by atoms with Crippen LogP contribution in [0.1, 0.15) is 18.4 Å². The number of ether oxygens (including phenoxy) is 1. The van der Waals surface area contributed by atoms with Crippen molar-refractivity contribution in [3.8, 4) is 5.75 Å². The molecule has 35 heavy (non-hydrogen) atoms. The molecule has 1 saturated heterocycles. The Kier molecular flexibility index (Phi) is 7.18. The summed E-state index contributed by atoms with van der Waals surface area (Å²) < 4.78 is 31.3. The van der Waals surface area contributed by atoms with Crippen molar-refractivity contribution in [3.63, 3.8) is 0 Å². The first-order chi connectivity index (χ1) is 16.7. The molecule has 2 N–H and O–H groups in total. The highest BCUT2D eigenvalue weighted by Gasteiger charge is 2.31. The van der Waals surface area contributed by atoms with Crippen LogP contribution in [-0.2, 0) is 16.4 Å². The maximum Gasteiger partial charge on any atom is 0.322 e. The van der Waals surface area contributed by atoms with Gasteiger partial charge in [0.15, 0.2) is 0 Å². The lowest BCUT2D eigenvalue weighted by Gasteiger charge is -2.34. The molecule has 2 heterocycles. The first-order valence-electron chi connectivity index (χ1n) is 11.5. The molecule has 4 rings (SSSR count). The van der Waals surface area contributed by atoms with E-state index in [0.29, 0.717) is 43.2 Å². The Labute approximate surface area is 205 Å². The van der Waals surface area contributed by atoms with Gasteiger partial charge in [0.1, 0.15) is 5.75 Å². The van der Waals surface area contributed by atoms with Crippen molar-refractivity contribution < 1.29 is 22.7 Å². The van der Waals surface area contributed by atoms with Gasteiger partial charge in [-0.25, -0.2) is 22.3 Å². The van der Waals surface area contributed by atoms with Gasteiger partial charge in [-0.3, -0.25) is 4.90 Å². The number of nitrogens with zero attached hydrogens (tertiary/aromatic N) is 3. The number of methoxy groups -OCH3 is 1. The van der Waals surface area contributed by atoms with E-state index in [-0.39, 0.29) is 23.0 Å². The molecule has 2 aromatic rings. The number of carbonyl (C=O) groups is 2. The minimum Gasteiger partial charge on any atom is -0.495 e. The highest BCUT2D eigenvalue weighted by atomic mass is 32.2. The lowest BCUT2D eigenvalue weighted by atomic mass is 10.1. The number of hydrogen-bond acceptors (Lipinski definition) is 5. The molecule has 4 amide bonds. The molecule has 1 atom stereocenters. The number of urea groups is 2. The average Bonchev–Trinajstić information content (AvgIpc) is 3.28. The Bertz CT molecular complexity index is 1220. The third-order valence-corrected chi connectivity index (χ3v) is 8.17. The van der Waals surface area contributed by atoms with E-state index in [1.54, 1.807) is 41.2 Å². The van der Waals surface area contributed by atoms with Gasteiger partial charge in [-0.15, -0.1) is 0 Å². The van der Waals surface area contributed by atoms with Crippen LogP contribution in [0.4, 0.5) is 21.0 Å². The van der Waals surface area contributed by atoms with Gasteiger partial charge in [-0.1, -0.05) is 12.1 Å². The van der Waals surface area contributed by atoms with Gasteiger partial charge in [0, 0.05) is 45.5 Å². The van der Waals surface area contributed by atoms with E-state index >= 15 is 0 Å². The lowest BCUT2D eigenvalue weighted by molar-refractivity contribution is 0.184. The molecular weight excluding hydrogens is 470 g/mol. The van der Waals surface area contributed by atoms with Crippen LogP contribution in [0, 0.1) is 0 Å². The maximum absolute atomic E-state index is 13.1. The fourth-order valence-electron chi connectivity index (χ4n) is 4.43. The van der Waals surface area contributed by atoms with Gasteiger partial charge in [0.05, 0.1) is 17.7 Å². The fourth-order valence-corrected chi connectivity index (χ4v) is 5.39. The standard InChI is InChI=1S/C24H31N5O5S/c1-27(2)35(32,33)19-10-11-21-17(15-19)12-14-29(21)24(31)25-18-7-6-13-28(16-18)23(30)26-20-8-4-5-9-22(20)34-3/h4-5,8-11,15,18H,6-7,12-14,16H2,1-3H3,(H,25,31)(H,26,30). The van der Waals surface area contributed by atoms with Gasteiger partial charge in [0.2, 0.25) is 10.0 Å². The van der Waals surface area contributed by atoms with E-state index in [2.05, 4.69) is 10.6 Å². The Morgan fingerprint density at radius 1 is 1.09 bits per heavy atom. The number of anilines is 2. The van der Waals surface area contributed by atoms with Crippen LogP contribution in [0.25, 0.3) is 0 Å². The molecule has 2 aliphatic heterocycles. The molecular formula is C24H31N5O5S. The summed E-state index contributed by atoms with van der Waals surface area (Å²) in [6, 6.07) is 11.4. The smallest absolute Gasteiger partial charge is 0.322 e. The summed E-state index contributed by atoms with van der Waals surface area (Å²) in [6.45, 7) is 1.47. The SMILES string of the molecule is COc1ccccc1NC(=O)N1CCCC(NC(=O)N2CCc3cc(S(=O)(=O)N(C)C)ccc32)C1. The average molecular weight is 502 g/mol. The summed E-state index contributed by atoms with van der Waals surface area (Å²) >= 11 is 0. The molecule has 0 bridgehead atoms. The fraction of sp³-hybridized carbons (Fsp3) is 0.417. The zero-order valence-corrected chi connectivity index (χ0v) is 21.0. The first kappa shape index (κ1) is 24.8. The highest BCUT2D eigenvalue weighted by Crippen LogP contribution is 2.31. The molecule has 0 spiro atoms. The number of likely N-dealkylation sites (tertiary alicyclic amines) is 1.